The van der Waals surface area contributed by atoms with Crippen LogP contribution in [-0.4, -0.2) is 14.8 Å². The molecule has 0 spiro atoms. The molecule has 0 aliphatic heterocycles. The van der Waals surface area contributed by atoms with E-state index >= 15 is 0 Å². The highest BCUT2D eigenvalue weighted by atomic mass is 35.5. The van der Waals surface area contributed by atoms with Gasteiger partial charge in [0.1, 0.15) is 30.3 Å². The van der Waals surface area contributed by atoms with Crippen molar-refractivity contribution in [1.29, 1.82) is 5.26 Å². The number of nitriles is 1. The molecule has 0 saturated heterocycles. The second-order valence-electron chi connectivity index (χ2n) is 4.77. The van der Waals surface area contributed by atoms with Crippen LogP contribution in [0.3, 0.4) is 0 Å². The van der Waals surface area contributed by atoms with Gasteiger partial charge in [-0.25, -0.2) is 9.67 Å². The summed E-state index contributed by atoms with van der Waals surface area (Å²) in [6.07, 6.45) is 1.50. The molecule has 6 heteroatoms. The second kappa shape index (κ2) is 6.40. The number of ether oxygens (including phenoxy) is 1. The van der Waals surface area contributed by atoms with Gasteiger partial charge in [-0.3, -0.25) is 0 Å². The number of hydrogen-bond acceptors (Lipinski definition) is 4. The van der Waals surface area contributed by atoms with Crippen LogP contribution in [0.2, 0.25) is 5.02 Å². The molecular weight excluding hydrogens is 276 g/mol. The molecule has 0 N–H and O–H groups in total. The van der Waals surface area contributed by atoms with E-state index in [9.17, 15) is 0 Å². The lowest BCUT2D eigenvalue weighted by molar-refractivity contribution is 0.282. The maximum Gasteiger partial charge on any atom is 0.164 e. The summed E-state index contributed by atoms with van der Waals surface area (Å²) in [6, 6.07) is 7.17. The Balaban J connectivity index is 2.12. The first-order valence-electron chi connectivity index (χ1n) is 6.30. The normalized spacial score (nSPS) is 10.6. The first-order chi connectivity index (χ1) is 9.61. The topological polar surface area (TPSA) is 63.7 Å². The summed E-state index contributed by atoms with van der Waals surface area (Å²) in [5, 5.41) is 13.6. The van der Waals surface area contributed by atoms with E-state index in [4.69, 9.17) is 21.6 Å². The van der Waals surface area contributed by atoms with Crippen LogP contribution in [-0.2, 0) is 13.2 Å². The van der Waals surface area contributed by atoms with Crippen LogP contribution in [0.1, 0.15) is 25.2 Å². The average molecular weight is 291 g/mol. The molecule has 2 aromatic rings. The summed E-state index contributed by atoms with van der Waals surface area (Å²) in [6.45, 7) is 5.25. The number of rotatable bonds is 5. The fourth-order valence-corrected chi connectivity index (χ4v) is 1.98. The van der Waals surface area contributed by atoms with Crippen LogP contribution >= 0.6 is 11.6 Å². The van der Waals surface area contributed by atoms with Crippen molar-refractivity contribution in [3.63, 3.8) is 0 Å². The molecule has 0 bridgehead atoms. The Morgan fingerprint density at radius 3 is 2.95 bits per heavy atom. The molecule has 5 nitrogen and oxygen atoms in total. The van der Waals surface area contributed by atoms with Crippen molar-refractivity contribution in [3.05, 3.63) is 40.9 Å². The maximum atomic E-state index is 9.08. The third kappa shape index (κ3) is 3.28. The van der Waals surface area contributed by atoms with Gasteiger partial charge in [0.2, 0.25) is 0 Å². The van der Waals surface area contributed by atoms with E-state index in [2.05, 4.69) is 23.9 Å². The largest absolute Gasteiger partial charge is 0.484 e. The van der Waals surface area contributed by atoms with Gasteiger partial charge < -0.3 is 4.74 Å². The van der Waals surface area contributed by atoms with Gasteiger partial charge in [-0.1, -0.05) is 31.5 Å². The van der Waals surface area contributed by atoms with Crippen LogP contribution < -0.4 is 4.74 Å². The van der Waals surface area contributed by atoms with Crippen LogP contribution in [0.15, 0.2) is 24.5 Å². The molecule has 104 valence electrons. The summed E-state index contributed by atoms with van der Waals surface area (Å²) in [5.74, 6) is 1.65. The second-order valence-corrected chi connectivity index (χ2v) is 5.17. The SMILES string of the molecule is CC(C)Cn1ncnc1COc1cccc(Cl)c1C#N. The Kier molecular flexibility index (Phi) is 4.59. The quantitative estimate of drug-likeness (QED) is 0.849. The summed E-state index contributed by atoms with van der Waals surface area (Å²) < 4.78 is 7.45. The van der Waals surface area contributed by atoms with E-state index in [1.54, 1.807) is 22.9 Å². The predicted octanol–water partition coefficient (Wildman–Crippen LogP) is 3.04. The van der Waals surface area contributed by atoms with E-state index in [0.29, 0.717) is 22.3 Å². The predicted molar refractivity (Wildman–Crippen MR) is 75.4 cm³/mol. The van der Waals surface area contributed by atoms with Crippen LogP contribution in [0.25, 0.3) is 0 Å². The molecule has 0 atom stereocenters. The minimum atomic E-state index is 0.252. The summed E-state index contributed by atoms with van der Waals surface area (Å²) in [4.78, 5) is 4.17. The highest BCUT2D eigenvalue weighted by molar-refractivity contribution is 6.31. The van der Waals surface area contributed by atoms with Crippen molar-refractivity contribution in [2.24, 2.45) is 5.92 Å². The van der Waals surface area contributed by atoms with Crippen molar-refractivity contribution < 1.29 is 4.74 Å². The molecule has 0 aliphatic carbocycles. The Bertz CT molecular complexity index is 630. The van der Waals surface area contributed by atoms with Gasteiger partial charge in [0.25, 0.3) is 0 Å². The molecule has 1 aromatic carbocycles. The molecule has 2 rings (SSSR count). The van der Waals surface area contributed by atoms with Gasteiger partial charge in [-0.15, -0.1) is 0 Å². The van der Waals surface area contributed by atoms with Crippen LogP contribution in [0, 0.1) is 17.2 Å². The molecule has 1 aromatic heterocycles. The summed E-state index contributed by atoms with van der Waals surface area (Å²) >= 11 is 5.95. The van der Waals surface area contributed by atoms with Crippen molar-refractivity contribution in [2.45, 2.75) is 27.0 Å². The van der Waals surface area contributed by atoms with Gasteiger partial charge in [0, 0.05) is 6.54 Å². The van der Waals surface area contributed by atoms with Crippen molar-refractivity contribution in [1.82, 2.24) is 14.8 Å². The molecule has 0 radical (unpaired) electrons. The van der Waals surface area contributed by atoms with Gasteiger partial charge >= 0.3 is 0 Å². The standard InChI is InChI=1S/C14H15ClN4O/c1-10(2)7-19-14(17-9-18-19)8-20-13-5-3-4-12(15)11(13)6-16/h3-5,9-10H,7-8H2,1-2H3. The van der Waals surface area contributed by atoms with E-state index < -0.39 is 0 Å². The van der Waals surface area contributed by atoms with Gasteiger partial charge in [-0.2, -0.15) is 10.4 Å². The van der Waals surface area contributed by atoms with Crippen molar-refractivity contribution >= 4 is 11.6 Å². The zero-order valence-corrected chi connectivity index (χ0v) is 12.1. The smallest absolute Gasteiger partial charge is 0.164 e. The number of aromatic nitrogens is 3. The van der Waals surface area contributed by atoms with Crippen molar-refractivity contribution in [2.75, 3.05) is 0 Å². The lowest BCUT2D eigenvalue weighted by Gasteiger charge is -2.10. The lowest BCUT2D eigenvalue weighted by atomic mass is 10.2. The first-order valence-corrected chi connectivity index (χ1v) is 6.67. The summed E-state index contributed by atoms with van der Waals surface area (Å²) in [5.41, 5.74) is 0.337. The highest BCUT2D eigenvalue weighted by Crippen LogP contribution is 2.25. The number of nitrogens with zero attached hydrogens (tertiary/aromatic N) is 4. The molecule has 1 heterocycles. The van der Waals surface area contributed by atoms with E-state index in [-0.39, 0.29) is 6.61 Å². The molecule has 0 fully saturated rings. The Morgan fingerprint density at radius 1 is 1.45 bits per heavy atom. The number of halogens is 1. The Morgan fingerprint density at radius 2 is 2.25 bits per heavy atom. The molecule has 20 heavy (non-hydrogen) atoms. The van der Waals surface area contributed by atoms with E-state index in [1.807, 2.05) is 6.07 Å². The van der Waals surface area contributed by atoms with E-state index in [0.717, 1.165) is 12.4 Å². The first kappa shape index (κ1) is 14.4. The van der Waals surface area contributed by atoms with Gasteiger partial charge in [0.05, 0.1) is 5.02 Å². The Hall–Kier alpha value is -2.06. The molecule has 0 unspecified atom stereocenters. The lowest BCUT2D eigenvalue weighted by Crippen LogP contribution is -2.12. The van der Waals surface area contributed by atoms with Crippen LogP contribution in [0.4, 0.5) is 0 Å². The Labute approximate surface area is 122 Å². The monoisotopic (exact) mass is 290 g/mol. The van der Waals surface area contributed by atoms with Gasteiger partial charge in [-0.05, 0) is 18.1 Å². The number of hydrogen-bond donors (Lipinski definition) is 0. The van der Waals surface area contributed by atoms with E-state index in [1.165, 1.54) is 6.33 Å². The fraction of sp³-hybridized carbons (Fsp3) is 0.357. The third-order valence-corrected chi connectivity index (χ3v) is 2.99. The van der Waals surface area contributed by atoms with Gasteiger partial charge in [0.15, 0.2) is 5.82 Å². The minimum Gasteiger partial charge on any atom is -0.484 e. The molecule has 0 amide bonds. The fourth-order valence-electron chi connectivity index (χ4n) is 1.77. The van der Waals surface area contributed by atoms with Crippen molar-refractivity contribution in [3.8, 4) is 11.8 Å². The number of benzene rings is 1. The maximum absolute atomic E-state index is 9.08. The minimum absolute atomic E-state index is 0.252. The average Bonchev–Trinajstić information content (AvgIpc) is 2.83. The molecular formula is C14H15ClN4O. The molecule has 0 aliphatic rings. The zero-order valence-electron chi connectivity index (χ0n) is 11.4. The summed E-state index contributed by atoms with van der Waals surface area (Å²) in [7, 11) is 0. The zero-order chi connectivity index (χ0) is 14.5. The molecule has 0 saturated carbocycles. The highest BCUT2D eigenvalue weighted by Gasteiger charge is 2.10. The third-order valence-electron chi connectivity index (χ3n) is 2.68. The van der Waals surface area contributed by atoms with Crippen LogP contribution in [0.5, 0.6) is 5.75 Å².